The molecule has 0 radical (unpaired) electrons. The highest BCUT2D eigenvalue weighted by molar-refractivity contribution is 9.10. The lowest BCUT2D eigenvalue weighted by atomic mass is 10.1. The molecule has 0 bridgehead atoms. The van der Waals surface area contributed by atoms with Crippen molar-refractivity contribution in [1.82, 2.24) is 0 Å². The quantitative estimate of drug-likeness (QED) is 0.783. The normalized spacial score (nSPS) is 11.2. The Balaban J connectivity index is 3.20. The second-order valence-electron chi connectivity index (χ2n) is 2.68. The van der Waals surface area contributed by atoms with E-state index in [1.165, 1.54) is 12.1 Å². The maximum atomic E-state index is 12.5. The molecular weight excluding hydrogens is 293 g/mol. The van der Waals surface area contributed by atoms with Gasteiger partial charge in [0.15, 0.2) is 5.11 Å². The maximum absolute atomic E-state index is 12.5. The molecule has 2 nitrogen and oxygen atoms in total. The van der Waals surface area contributed by atoms with Crippen LogP contribution in [0.3, 0.4) is 0 Å². The van der Waals surface area contributed by atoms with Crippen LogP contribution < -0.4 is 11.1 Å². The highest BCUT2D eigenvalue weighted by Gasteiger charge is 2.33. The van der Waals surface area contributed by atoms with E-state index in [0.29, 0.717) is 4.47 Å². The molecule has 0 atom stereocenters. The van der Waals surface area contributed by atoms with E-state index in [2.05, 4.69) is 33.5 Å². The first-order valence-corrected chi connectivity index (χ1v) is 4.94. The third-order valence-corrected chi connectivity index (χ3v) is 2.14. The van der Waals surface area contributed by atoms with Crippen LogP contribution in [0.15, 0.2) is 22.7 Å². The fraction of sp³-hybridized carbons (Fsp3) is 0.125. The predicted octanol–water partition coefficient (Wildman–Crippen LogP) is 3.12. The zero-order chi connectivity index (χ0) is 11.6. The molecule has 0 saturated carbocycles. The SMILES string of the molecule is NC(=S)Nc1ccc(Br)cc1C(F)(F)F. The molecule has 1 aromatic rings. The molecule has 0 saturated heterocycles. The van der Waals surface area contributed by atoms with E-state index in [9.17, 15) is 13.2 Å². The molecule has 0 spiro atoms. The van der Waals surface area contributed by atoms with Gasteiger partial charge in [-0.25, -0.2) is 0 Å². The molecule has 0 aliphatic heterocycles. The average molecular weight is 299 g/mol. The number of alkyl halides is 3. The standard InChI is InChI=1S/C8H6BrF3N2S/c9-4-1-2-6(14-7(13)15)5(3-4)8(10,11)12/h1-3H,(H3,13,14,15). The highest BCUT2D eigenvalue weighted by Crippen LogP contribution is 2.36. The van der Waals surface area contributed by atoms with E-state index in [1.807, 2.05) is 0 Å². The zero-order valence-corrected chi connectivity index (χ0v) is 9.63. The minimum atomic E-state index is -4.45. The van der Waals surface area contributed by atoms with Crippen LogP contribution in [-0.2, 0) is 6.18 Å². The van der Waals surface area contributed by atoms with Gasteiger partial charge in [-0.2, -0.15) is 13.2 Å². The smallest absolute Gasteiger partial charge is 0.376 e. The largest absolute Gasteiger partial charge is 0.418 e. The van der Waals surface area contributed by atoms with Gasteiger partial charge in [0, 0.05) is 4.47 Å². The summed E-state index contributed by atoms with van der Waals surface area (Å²) in [6.45, 7) is 0. The summed E-state index contributed by atoms with van der Waals surface area (Å²) in [5.74, 6) is 0. The van der Waals surface area contributed by atoms with Crippen molar-refractivity contribution in [3.8, 4) is 0 Å². The van der Waals surface area contributed by atoms with Crippen molar-refractivity contribution in [3.63, 3.8) is 0 Å². The summed E-state index contributed by atoms with van der Waals surface area (Å²) in [7, 11) is 0. The number of benzene rings is 1. The summed E-state index contributed by atoms with van der Waals surface area (Å²) in [6, 6.07) is 3.68. The third-order valence-electron chi connectivity index (χ3n) is 1.54. The van der Waals surface area contributed by atoms with E-state index in [-0.39, 0.29) is 10.8 Å². The third kappa shape index (κ3) is 3.35. The van der Waals surface area contributed by atoms with Crippen LogP contribution in [0, 0.1) is 0 Å². The van der Waals surface area contributed by atoms with E-state index in [1.54, 1.807) is 0 Å². The Morgan fingerprint density at radius 1 is 1.40 bits per heavy atom. The second-order valence-corrected chi connectivity index (χ2v) is 4.03. The molecule has 0 aliphatic rings. The first-order chi connectivity index (χ1) is 6.80. The summed E-state index contributed by atoms with van der Waals surface area (Å²) < 4.78 is 37.9. The van der Waals surface area contributed by atoms with Gasteiger partial charge < -0.3 is 11.1 Å². The van der Waals surface area contributed by atoms with E-state index in [4.69, 9.17) is 5.73 Å². The van der Waals surface area contributed by atoms with Crippen LogP contribution in [0.5, 0.6) is 0 Å². The summed E-state index contributed by atoms with van der Waals surface area (Å²) >= 11 is 7.44. The molecule has 0 heterocycles. The molecule has 15 heavy (non-hydrogen) atoms. The van der Waals surface area contributed by atoms with Crippen molar-refractivity contribution in [3.05, 3.63) is 28.2 Å². The Morgan fingerprint density at radius 3 is 2.47 bits per heavy atom. The molecule has 82 valence electrons. The molecule has 0 aliphatic carbocycles. The minimum absolute atomic E-state index is 0.154. The number of anilines is 1. The lowest BCUT2D eigenvalue weighted by Crippen LogP contribution is -2.21. The fourth-order valence-corrected chi connectivity index (χ4v) is 1.46. The van der Waals surface area contributed by atoms with Gasteiger partial charge in [0.2, 0.25) is 0 Å². The zero-order valence-electron chi connectivity index (χ0n) is 7.23. The number of thiocarbonyl (C=S) groups is 1. The average Bonchev–Trinajstić information content (AvgIpc) is 2.05. The van der Waals surface area contributed by atoms with Crippen LogP contribution in [-0.4, -0.2) is 5.11 Å². The number of hydrogen-bond donors (Lipinski definition) is 2. The number of nitrogens with one attached hydrogen (secondary N) is 1. The van der Waals surface area contributed by atoms with Crippen LogP contribution in [0.25, 0.3) is 0 Å². The van der Waals surface area contributed by atoms with Crippen LogP contribution >= 0.6 is 28.1 Å². The van der Waals surface area contributed by atoms with E-state index >= 15 is 0 Å². The van der Waals surface area contributed by atoms with Crippen molar-refractivity contribution in [2.24, 2.45) is 5.73 Å². The van der Waals surface area contributed by atoms with Crippen molar-refractivity contribution in [2.45, 2.75) is 6.18 Å². The predicted molar refractivity (Wildman–Crippen MR) is 59.6 cm³/mol. The van der Waals surface area contributed by atoms with E-state index < -0.39 is 11.7 Å². The summed E-state index contributed by atoms with van der Waals surface area (Å²) in [4.78, 5) is 0. The molecule has 0 unspecified atom stereocenters. The van der Waals surface area contributed by atoms with Gasteiger partial charge in [0.05, 0.1) is 11.3 Å². The molecule has 0 aromatic heterocycles. The van der Waals surface area contributed by atoms with Gasteiger partial charge in [-0.15, -0.1) is 0 Å². The Kier molecular flexibility index (Phi) is 3.56. The van der Waals surface area contributed by atoms with Crippen LogP contribution in [0.4, 0.5) is 18.9 Å². The number of hydrogen-bond acceptors (Lipinski definition) is 1. The van der Waals surface area contributed by atoms with Gasteiger partial charge in [0.25, 0.3) is 0 Å². The number of nitrogens with two attached hydrogens (primary N) is 1. The molecule has 0 fully saturated rings. The first kappa shape index (κ1) is 12.3. The lowest BCUT2D eigenvalue weighted by molar-refractivity contribution is -0.136. The first-order valence-electron chi connectivity index (χ1n) is 3.74. The number of rotatable bonds is 1. The minimum Gasteiger partial charge on any atom is -0.376 e. The molecular formula is C8H6BrF3N2S. The highest BCUT2D eigenvalue weighted by atomic mass is 79.9. The fourth-order valence-electron chi connectivity index (χ4n) is 0.993. The lowest BCUT2D eigenvalue weighted by Gasteiger charge is -2.13. The van der Waals surface area contributed by atoms with Crippen molar-refractivity contribution >= 4 is 38.9 Å². The monoisotopic (exact) mass is 298 g/mol. The summed E-state index contributed by atoms with van der Waals surface area (Å²) in [6.07, 6.45) is -4.45. The molecule has 7 heteroatoms. The Morgan fingerprint density at radius 2 is 2.00 bits per heavy atom. The van der Waals surface area contributed by atoms with Crippen LogP contribution in [0.2, 0.25) is 0 Å². The summed E-state index contributed by atoms with van der Waals surface area (Å²) in [5.41, 5.74) is 4.15. The van der Waals surface area contributed by atoms with Crippen molar-refractivity contribution in [1.29, 1.82) is 0 Å². The molecule has 3 N–H and O–H groups in total. The second kappa shape index (κ2) is 4.36. The van der Waals surface area contributed by atoms with Crippen LogP contribution in [0.1, 0.15) is 5.56 Å². The van der Waals surface area contributed by atoms with Crippen molar-refractivity contribution in [2.75, 3.05) is 5.32 Å². The van der Waals surface area contributed by atoms with Gasteiger partial charge in [0.1, 0.15) is 0 Å². The number of halogens is 4. The molecule has 1 aromatic carbocycles. The van der Waals surface area contributed by atoms with Gasteiger partial charge in [-0.05, 0) is 30.4 Å². The van der Waals surface area contributed by atoms with Crippen molar-refractivity contribution < 1.29 is 13.2 Å². The van der Waals surface area contributed by atoms with E-state index in [0.717, 1.165) is 6.07 Å². The summed E-state index contributed by atoms with van der Waals surface area (Å²) in [5, 5.41) is 2.07. The molecule has 1 rings (SSSR count). The maximum Gasteiger partial charge on any atom is 0.418 e. The Labute approximate surface area is 97.8 Å². The van der Waals surface area contributed by atoms with Gasteiger partial charge in [-0.1, -0.05) is 15.9 Å². The van der Waals surface area contributed by atoms with Gasteiger partial charge in [-0.3, -0.25) is 0 Å². The van der Waals surface area contributed by atoms with Gasteiger partial charge >= 0.3 is 6.18 Å². The Hall–Kier alpha value is -0.820. The Bertz CT molecular complexity index is 392. The topological polar surface area (TPSA) is 38.0 Å². The molecule has 0 amide bonds.